The zero-order valence-corrected chi connectivity index (χ0v) is 8.13. The molecule has 1 atom stereocenters. The van der Waals surface area contributed by atoms with E-state index in [0.29, 0.717) is 5.37 Å². The van der Waals surface area contributed by atoms with Crippen molar-refractivity contribution in [2.24, 2.45) is 0 Å². The highest BCUT2D eigenvalue weighted by atomic mass is 35.5. The summed E-state index contributed by atoms with van der Waals surface area (Å²) in [6.07, 6.45) is 4.15. The summed E-state index contributed by atoms with van der Waals surface area (Å²) in [6.45, 7) is 4.66. The number of rotatable bonds is 1. The van der Waals surface area contributed by atoms with E-state index in [9.17, 15) is 0 Å². The Hall–Kier alpha value is 0.600. The van der Waals surface area contributed by atoms with Gasteiger partial charge in [-0.15, -0.1) is 12.4 Å². The summed E-state index contributed by atoms with van der Waals surface area (Å²) >= 11 is 4.37. The molecule has 62 valence electrons. The third-order valence-electron chi connectivity index (χ3n) is 1.92. The molecule has 1 rings (SSSR count). The maximum atomic E-state index is 4.37. The fourth-order valence-corrected chi connectivity index (χ4v) is 1.52. The van der Waals surface area contributed by atoms with Crippen LogP contribution in [0.5, 0.6) is 0 Å². The van der Waals surface area contributed by atoms with Crippen LogP contribution < -0.4 is 0 Å². The van der Waals surface area contributed by atoms with Gasteiger partial charge >= 0.3 is 0 Å². The SMILES string of the molecule is CC(S)N1CCCCC1.Cl. The maximum absolute atomic E-state index is 4.37. The molecule has 1 heterocycles. The molecule has 1 nitrogen and oxygen atoms in total. The molecule has 0 aliphatic carbocycles. The first-order chi connectivity index (χ1) is 4.30. The molecule has 0 radical (unpaired) electrons. The average Bonchev–Trinajstić information content (AvgIpc) is 1.90. The van der Waals surface area contributed by atoms with Crippen LogP contribution in [0.15, 0.2) is 0 Å². The van der Waals surface area contributed by atoms with Crippen molar-refractivity contribution < 1.29 is 0 Å². The molecular weight excluding hydrogens is 166 g/mol. The predicted molar refractivity (Wildman–Crippen MR) is 51.1 cm³/mol. The normalized spacial score (nSPS) is 23.4. The Labute approximate surface area is 75.0 Å². The zero-order valence-electron chi connectivity index (χ0n) is 6.42. The summed E-state index contributed by atoms with van der Waals surface area (Å²) in [5.41, 5.74) is 0. The summed E-state index contributed by atoms with van der Waals surface area (Å²) in [4.78, 5) is 2.42. The quantitative estimate of drug-likeness (QED) is 0.607. The van der Waals surface area contributed by atoms with Gasteiger partial charge in [-0.05, 0) is 32.9 Å². The minimum Gasteiger partial charge on any atom is -0.292 e. The zero-order chi connectivity index (χ0) is 6.69. The standard InChI is InChI=1S/C7H15NS.ClH/c1-7(9)8-5-3-2-4-6-8;/h7,9H,2-6H2,1H3;1H. The van der Waals surface area contributed by atoms with E-state index in [1.807, 2.05) is 0 Å². The van der Waals surface area contributed by atoms with Crippen LogP contribution in [0.3, 0.4) is 0 Å². The van der Waals surface area contributed by atoms with Crippen molar-refractivity contribution in [3.8, 4) is 0 Å². The van der Waals surface area contributed by atoms with E-state index >= 15 is 0 Å². The van der Waals surface area contributed by atoms with Gasteiger partial charge in [0.15, 0.2) is 0 Å². The van der Waals surface area contributed by atoms with E-state index in [1.54, 1.807) is 0 Å². The van der Waals surface area contributed by atoms with E-state index < -0.39 is 0 Å². The Bertz CT molecular complexity index is 81.7. The lowest BCUT2D eigenvalue weighted by Gasteiger charge is -2.29. The van der Waals surface area contributed by atoms with Crippen LogP contribution >= 0.6 is 25.0 Å². The number of hydrogen-bond acceptors (Lipinski definition) is 2. The highest BCUT2D eigenvalue weighted by Crippen LogP contribution is 2.12. The lowest BCUT2D eigenvalue weighted by molar-refractivity contribution is 0.223. The van der Waals surface area contributed by atoms with Gasteiger partial charge in [-0.2, -0.15) is 12.6 Å². The lowest BCUT2D eigenvalue weighted by Crippen LogP contribution is -2.34. The monoisotopic (exact) mass is 181 g/mol. The molecule has 1 aliphatic rings. The van der Waals surface area contributed by atoms with Crippen LogP contribution in [0, 0.1) is 0 Å². The second kappa shape index (κ2) is 5.28. The topological polar surface area (TPSA) is 3.24 Å². The number of piperidine rings is 1. The molecule has 1 unspecified atom stereocenters. The van der Waals surface area contributed by atoms with Crippen molar-refractivity contribution in [3.05, 3.63) is 0 Å². The van der Waals surface area contributed by atoms with Crippen molar-refractivity contribution >= 4 is 25.0 Å². The molecule has 10 heavy (non-hydrogen) atoms. The summed E-state index contributed by atoms with van der Waals surface area (Å²) in [7, 11) is 0. The first-order valence-electron chi connectivity index (χ1n) is 3.73. The second-order valence-electron chi connectivity index (χ2n) is 2.73. The molecule has 0 aromatic carbocycles. The van der Waals surface area contributed by atoms with E-state index in [0.717, 1.165) is 0 Å². The van der Waals surface area contributed by atoms with Gasteiger partial charge in [0, 0.05) is 5.37 Å². The molecule has 0 aromatic heterocycles. The lowest BCUT2D eigenvalue weighted by atomic mass is 10.1. The van der Waals surface area contributed by atoms with Crippen molar-refractivity contribution in [2.75, 3.05) is 13.1 Å². The Balaban J connectivity index is 0.000000810. The maximum Gasteiger partial charge on any atom is 0.0499 e. The van der Waals surface area contributed by atoms with Crippen LogP contribution in [0.2, 0.25) is 0 Å². The molecular formula is C7H16ClNS. The Morgan fingerprint density at radius 1 is 1.20 bits per heavy atom. The summed E-state index contributed by atoms with van der Waals surface area (Å²) in [5, 5.41) is 0.463. The molecule has 0 aromatic rings. The van der Waals surface area contributed by atoms with Gasteiger partial charge in [-0.1, -0.05) is 6.42 Å². The van der Waals surface area contributed by atoms with Gasteiger partial charge < -0.3 is 0 Å². The number of halogens is 1. The van der Waals surface area contributed by atoms with Crippen LogP contribution in [0.4, 0.5) is 0 Å². The Kier molecular flexibility index (Phi) is 5.59. The van der Waals surface area contributed by atoms with E-state index in [-0.39, 0.29) is 12.4 Å². The summed E-state index contributed by atoms with van der Waals surface area (Å²) in [6, 6.07) is 0. The molecule has 0 saturated carbocycles. The van der Waals surface area contributed by atoms with E-state index in [4.69, 9.17) is 0 Å². The van der Waals surface area contributed by atoms with Crippen molar-refractivity contribution in [2.45, 2.75) is 31.6 Å². The van der Waals surface area contributed by atoms with E-state index in [2.05, 4.69) is 24.5 Å². The van der Waals surface area contributed by atoms with Crippen LogP contribution in [0.25, 0.3) is 0 Å². The van der Waals surface area contributed by atoms with Crippen LogP contribution in [0.1, 0.15) is 26.2 Å². The molecule has 0 spiro atoms. The first-order valence-corrected chi connectivity index (χ1v) is 4.24. The van der Waals surface area contributed by atoms with Crippen molar-refractivity contribution in [1.82, 2.24) is 4.90 Å². The fraction of sp³-hybridized carbons (Fsp3) is 1.00. The van der Waals surface area contributed by atoms with E-state index in [1.165, 1.54) is 32.4 Å². The Morgan fingerprint density at radius 3 is 2.00 bits per heavy atom. The number of nitrogens with zero attached hydrogens (tertiary/aromatic N) is 1. The van der Waals surface area contributed by atoms with Gasteiger partial charge in [-0.25, -0.2) is 0 Å². The van der Waals surface area contributed by atoms with Gasteiger partial charge in [0.2, 0.25) is 0 Å². The smallest absolute Gasteiger partial charge is 0.0499 e. The largest absolute Gasteiger partial charge is 0.292 e. The van der Waals surface area contributed by atoms with Gasteiger partial charge in [-0.3, -0.25) is 4.90 Å². The van der Waals surface area contributed by atoms with Crippen LogP contribution in [-0.2, 0) is 0 Å². The predicted octanol–water partition coefficient (Wildman–Crippen LogP) is 2.17. The molecule has 1 saturated heterocycles. The van der Waals surface area contributed by atoms with Crippen molar-refractivity contribution in [3.63, 3.8) is 0 Å². The Morgan fingerprint density at radius 2 is 1.70 bits per heavy atom. The number of likely N-dealkylation sites (tertiary alicyclic amines) is 1. The molecule has 0 N–H and O–H groups in total. The van der Waals surface area contributed by atoms with Gasteiger partial charge in [0.05, 0.1) is 0 Å². The van der Waals surface area contributed by atoms with Crippen molar-refractivity contribution in [1.29, 1.82) is 0 Å². The minimum atomic E-state index is 0. The molecule has 0 amide bonds. The fourth-order valence-electron chi connectivity index (χ4n) is 1.29. The third kappa shape index (κ3) is 3.13. The van der Waals surface area contributed by atoms with Crippen LogP contribution in [-0.4, -0.2) is 23.4 Å². The van der Waals surface area contributed by atoms with Gasteiger partial charge in [0.1, 0.15) is 0 Å². The highest BCUT2D eigenvalue weighted by molar-refractivity contribution is 7.80. The number of thiol groups is 1. The highest BCUT2D eigenvalue weighted by Gasteiger charge is 2.12. The third-order valence-corrected chi connectivity index (χ3v) is 2.25. The van der Waals surface area contributed by atoms with Gasteiger partial charge in [0.25, 0.3) is 0 Å². The average molecular weight is 182 g/mol. The summed E-state index contributed by atoms with van der Waals surface area (Å²) in [5.74, 6) is 0. The number of hydrogen-bond donors (Lipinski definition) is 1. The second-order valence-corrected chi connectivity index (χ2v) is 3.48. The molecule has 0 bridgehead atoms. The molecule has 3 heteroatoms. The minimum absolute atomic E-state index is 0. The first kappa shape index (κ1) is 10.6. The molecule has 1 fully saturated rings. The summed E-state index contributed by atoms with van der Waals surface area (Å²) < 4.78 is 0. The molecule has 1 aliphatic heterocycles.